The Balaban J connectivity index is 1.80. The van der Waals surface area contributed by atoms with E-state index in [2.05, 4.69) is 15.0 Å². The van der Waals surface area contributed by atoms with Gasteiger partial charge in [0, 0.05) is 29.5 Å². The number of aliphatic imine (C=N–C) groups is 1. The summed E-state index contributed by atoms with van der Waals surface area (Å²) in [5.74, 6) is 0.216. The molecule has 9 heteroatoms. The summed E-state index contributed by atoms with van der Waals surface area (Å²) in [7, 11) is 0. The lowest BCUT2D eigenvalue weighted by atomic mass is 9.81. The molecular weight excluding hydrogens is 346 g/mol. The van der Waals surface area contributed by atoms with E-state index >= 15 is 0 Å². The molecule has 0 saturated carbocycles. The molecule has 25 heavy (non-hydrogen) atoms. The summed E-state index contributed by atoms with van der Waals surface area (Å²) < 4.78 is 27.7. The van der Waals surface area contributed by atoms with Gasteiger partial charge in [0.1, 0.15) is 11.4 Å². The molecule has 2 aliphatic heterocycles. The van der Waals surface area contributed by atoms with Gasteiger partial charge in [-0.3, -0.25) is 0 Å². The molecule has 1 saturated heterocycles. The molecular formula is C16H16F2N6S. The van der Waals surface area contributed by atoms with E-state index in [1.54, 1.807) is 6.07 Å². The quantitative estimate of drug-likeness (QED) is 0.791. The molecule has 1 aromatic carbocycles. The van der Waals surface area contributed by atoms with Crippen LogP contribution >= 0.6 is 11.8 Å². The first-order valence-electron chi connectivity index (χ1n) is 7.74. The number of amidine groups is 1. The van der Waals surface area contributed by atoms with Gasteiger partial charge in [-0.1, -0.05) is 11.8 Å². The van der Waals surface area contributed by atoms with Crippen molar-refractivity contribution >= 4 is 28.6 Å². The van der Waals surface area contributed by atoms with Crippen molar-refractivity contribution < 1.29 is 8.78 Å². The number of nitrogen functional groups attached to an aromatic ring is 1. The number of benzene rings is 1. The Morgan fingerprint density at radius 2 is 1.96 bits per heavy atom. The molecule has 0 amide bonds. The Kier molecular flexibility index (Phi) is 3.75. The maximum absolute atomic E-state index is 14.6. The average molecular weight is 362 g/mol. The van der Waals surface area contributed by atoms with E-state index < -0.39 is 11.4 Å². The Morgan fingerprint density at radius 1 is 1.20 bits per heavy atom. The van der Waals surface area contributed by atoms with Crippen LogP contribution < -0.4 is 16.4 Å². The van der Waals surface area contributed by atoms with E-state index in [1.807, 2.05) is 4.90 Å². The van der Waals surface area contributed by atoms with Gasteiger partial charge < -0.3 is 16.4 Å². The van der Waals surface area contributed by atoms with Gasteiger partial charge in [0.05, 0.1) is 18.9 Å². The lowest BCUT2D eigenvalue weighted by Gasteiger charge is -2.34. The second-order valence-electron chi connectivity index (χ2n) is 6.20. The fourth-order valence-corrected chi connectivity index (χ4v) is 4.48. The minimum absolute atomic E-state index is 0.00903. The minimum Gasteiger partial charge on any atom is -0.399 e. The monoisotopic (exact) mass is 362 g/mol. The average Bonchev–Trinajstić information content (AvgIpc) is 2.97. The summed E-state index contributed by atoms with van der Waals surface area (Å²) in [6.07, 6.45) is 2.23. The van der Waals surface area contributed by atoms with Crippen LogP contribution in [0.2, 0.25) is 0 Å². The van der Waals surface area contributed by atoms with E-state index in [9.17, 15) is 8.78 Å². The third-order valence-corrected chi connectivity index (χ3v) is 5.59. The zero-order chi connectivity index (χ0) is 17.6. The largest absolute Gasteiger partial charge is 0.399 e. The van der Waals surface area contributed by atoms with E-state index in [0.717, 1.165) is 12.4 Å². The van der Waals surface area contributed by atoms with Crippen LogP contribution in [0.4, 0.5) is 20.4 Å². The number of aromatic nitrogens is 2. The second-order valence-corrected chi connectivity index (χ2v) is 7.24. The third-order valence-electron chi connectivity index (χ3n) is 4.64. The summed E-state index contributed by atoms with van der Waals surface area (Å²) in [5.41, 5.74) is 11.9. The SMILES string of the molecule is NC1=N[C@@]2(c3cc(N)ccc3F)CN(c3ncc(F)cn3)C[C@H]2CS1. The number of hydrogen-bond acceptors (Lipinski definition) is 7. The standard InChI is InChI=1S/C16H16F2N6S/c17-10-4-21-15(22-5-10)24-6-9-7-25-14(20)23-16(9,8-24)12-3-11(19)1-2-13(12)18/h1-5,9H,6-8,19H2,(H2,20,23)/t9-,16-/m0/s1. The van der Waals surface area contributed by atoms with Crippen LogP contribution in [0, 0.1) is 17.6 Å². The van der Waals surface area contributed by atoms with Gasteiger partial charge in [0.25, 0.3) is 0 Å². The Labute approximate surface area is 147 Å². The molecule has 0 radical (unpaired) electrons. The zero-order valence-electron chi connectivity index (χ0n) is 13.2. The van der Waals surface area contributed by atoms with Gasteiger partial charge in [-0.25, -0.2) is 23.7 Å². The summed E-state index contributed by atoms with van der Waals surface area (Å²) in [5, 5.41) is 0.417. The molecule has 2 aliphatic rings. The molecule has 130 valence electrons. The first kappa shape index (κ1) is 16.1. The van der Waals surface area contributed by atoms with Crippen molar-refractivity contribution in [3.63, 3.8) is 0 Å². The molecule has 3 heterocycles. The van der Waals surface area contributed by atoms with Crippen molar-refractivity contribution in [3.05, 3.63) is 47.8 Å². The Hall–Kier alpha value is -2.42. The molecule has 2 atom stereocenters. The number of anilines is 2. The molecule has 1 fully saturated rings. The molecule has 0 bridgehead atoms. The zero-order valence-corrected chi connectivity index (χ0v) is 14.0. The predicted molar refractivity (Wildman–Crippen MR) is 94.3 cm³/mol. The van der Waals surface area contributed by atoms with Gasteiger partial charge in [0.15, 0.2) is 11.0 Å². The molecule has 0 spiro atoms. The molecule has 4 rings (SSSR count). The first-order chi connectivity index (χ1) is 12.0. The second kappa shape index (κ2) is 5.83. The highest BCUT2D eigenvalue weighted by atomic mass is 32.2. The van der Waals surface area contributed by atoms with Crippen molar-refractivity contribution in [1.29, 1.82) is 0 Å². The maximum Gasteiger partial charge on any atom is 0.225 e. The fourth-order valence-electron chi connectivity index (χ4n) is 3.49. The number of halogens is 2. The Bertz CT molecular complexity index is 843. The normalized spacial score (nSPS) is 25.6. The van der Waals surface area contributed by atoms with Crippen LogP contribution in [0.15, 0.2) is 35.6 Å². The van der Waals surface area contributed by atoms with E-state index in [0.29, 0.717) is 41.2 Å². The van der Waals surface area contributed by atoms with Crippen molar-refractivity contribution in [2.45, 2.75) is 5.54 Å². The number of thioether (sulfide) groups is 1. The fraction of sp³-hybridized carbons (Fsp3) is 0.312. The molecule has 6 nitrogen and oxygen atoms in total. The topological polar surface area (TPSA) is 93.4 Å². The smallest absolute Gasteiger partial charge is 0.225 e. The predicted octanol–water partition coefficient (Wildman–Crippen LogP) is 1.73. The highest BCUT2D eigenvalue weighted by Gasteiger charge is 2.52. The van der Waals surface area contributed by atoms with Gasteiger partial charge in [-0.2, -0.15) is 0 Å². The number of hydrogen-bond donors (Lipinski definition) is 2. The first-order valence-corrected chi connectivity index (χ1v) is 8.72. The number of rotatable bonds is 2. The van der Waals surface area contributed by atoms with Crippen molar-refractivity contribution in [1.82, 2.24) is 9.97 Å². The van der Waals surface area contributed by atoms with E-state index in [4.69, 9.17) is 11.5 Å². The molecule has 0 unspecified atom stereocenters. The summed E-state index contributed by atoms with van der Waals surface area (Å²) in [4.78, 5) is 14.6. The van der Waals surface area contributed by atoms with Crippen molar-refractivity contribution in [3.8, 4) is 0 Å². The van der Waals surface area contributed by atoms with Crippen LogP contribution in [0.5, 0.6) is 0 Å². The summed E-state index contributed by atoms with van der Waals surface area (Å²) in [6.45, 7) is 0.925. The van der Waals surface area contributed by atoms with Gasteiger partial charge in [-0.15, -0.1) is 0 Å². The summed E-state index contributed by atoms with van der Waals surface area (Å²) in [6, 6.07) is 4.48. The third kappa shape index (κ3) is 2.68. The molecule has 2 aromatic rings. The minimum atomic E-state index is -0.855. The van der Waals surface area contributed by atoms with Crippen LogP contribution in [-0.4, -0.2) is 34.0 Å². The van der Waals surface area contributed by atoms with Crippen molar-refractivity contribution in [2.75, 3.05) is 29.5 Å². The number of fused-ring (bicyclic) bond motifs is 1. The highest BCUT2D eigenvalue weighted by molar-refractivity contribution is 8.13. The van der Waals surface area contributed by atoms with Gasteiger partial charge in [-0.05, 0) is 18.2 Å². The van der Waals surface area contributed by atoms with Crippen LogP contribution in [0.3, 0.4) is 0 Å². The lowest BCUT2D eigenvalue weighted by molar-refractivity contribution is 0.371. The van der Waals surface area contributed by atoms with E-state index in [-0.39, 0.29) is 11.7 Å². The van der Waals surface area contributed by atoms with Crippen molar-refractivity contribution in [2.24, 2.45) is 16.6 Å². The van der Waals surface area contributed by atoms with Gasteiger partial charge >= 0.3 is 0 Å². The Morgan fingerprint density at radius 3 is 2.72 bits per heavy atom. The molecule has 0 aliphatic carbocycles. The number of nitrogens with two attached hydrogens (primary N) is 2. The highest BCUT2D eigenvalue weighted by Crippen LogP contribution is 2.47. The van der Waals surface area contributed by atoms with Gasteiger partial charge in [0.2, 0.25) is 5.95 Å². The maximum atomic E-state index is 14.6. The van der Waals surface area contributed by atoms with Crippen LogP contribution in [0.1, 0.15) is 5.56 Å². The lowest BCUT2D eigenvalue weighted by Crippen LogP contribution is -2.40. The summed E-state index contributed by atoms with van der Waals surface area (Å²) >= 11 is 1.44. The van der Waals surface area contributed by atoms with Crippen LogP contribution in [0.25, 0.3) is 0 Å². The molecule has 1 aromatic heterocycles. The number of nitrogens with zero attached hydrogens (tertiary/aromatic N) is 4. The van der Waals surface area contributed by atoms with E-state index in [1.165, 1.54) is 23.9 Å². The van der Waals surface area contributed by atoms with Crippen LogP contribution in [-0.2, 0) is 5.54 Å². The molecule has 4 N–H and O–H groups in total.